The second-order valence-corrected chi connectivity index (χ2v) is 23.5. The fourth-order valence-corrected chi connectivity index (χ4v) is 6.69. The molecule has 0 aliphatic carbocycles. The third-order valence-electron chi connectivity index (χ3n) is 11.2. The summed E-state index contributed by atoms with van der Waals surface area (Å²) in [6.45, 7) is 34.0. The lowest BCUT2D eigenvalue weighted by molar-refractivity contribution is -0.156. The summed E-state index contributed by atoms with van der Waals surface area (Å²) in [6.07, 6.45) is 17.6. The summed E-state index contributed by atoms with van der Waals surface area (Å²) < 4.78 is 37.4. The van der Waals surface area contributed by atoms with Crippen LogP contribution < -0.4 is 5.32 Å². The Morgan fingerprint density at radius 3 is 1.15 bits per heavy atom. The van der Waals surface area contributed by atoms with Crippen LogP contribution in [0.5, 0.6) is 0 Å². The average molecular weight is 1420 g/mol. The number of nitrogens with one attached hydrogen (secondary N) is 1. The van der Waals surface area contributed by atoms with Gasteiger partial charge in [-0.15, -0.1) is 0 Å². The highest BCUT2D eigenvalue weighted by molar-refractivity contribution is 6.03. The molecule has 570 valence electrons. The van der Waals surface area contributed by atoms with E-state index in [0.29, 0.717) is 31.4 Å². The van der Waals surface area contributed by atoms with E-state index < -0.39 is 47.4 Å². The van der Waals surface area contributed by atoms with Crippen LogP contribution in [0.25, 0.3) is 0 Å². The summed E-state index contributed by atoms with van der Waals surface area (Å²) in [4.78, 5) is 180. The minimum atomic E-state index is -0.617. The van der Waals surface area contributed by atoms with E-state index in [0.717, 1.165) is 32.1 Å². The first-order valence-electron chi connectivity index (χ1n) is 33.5. The van der Waals surface area contributed by atoms with Gasteiger partial charge < -0.3 is 43.2 Å². The molecule has 0 bridgehead atoms. The maximum atomic E-state index is 11.1. The van der Waals surface area contributed by atoms with Crippen molar-refractivity contribution in [3.63, 3.8) is 0 Å². The van der Waals surface area contributed by atoms with E-state index in [9.17, 15) is 81.5 Å². The first-order valence-corrected chi connectivity index (χ1v) is 33.5. The van der Waals surface area contributed by atoms with Crippen molar-refractivity contribution in [1.29, 1.82) is 0 Å². The Morgan fingerprint density at radius 2 is 0.790 bits per heavy atom. The number of anilines is 1. The van der Waals surface area contributed by atoms with Gasteiger partial charge in [0, 0.05) is 11.3 Å². The molecule has 0 radical (unpaired) electrons. The number of esters is 8. The molecule has 1 rings (SSSR count). The molecule has 26 nitrogen and oxygen atoms in total. The maximum Gasteiger partial charge on any atom is 0.333 e. The third-order valence-corrected chi connectivity index (χ3v) is 11.2. The lowest BCUT2D eigenvalue weighted by Gasteiger charge is -2.18. The summed E-state index contributed by atoms with van der Waals surface area (Å²) in [5.74, 6) is -4.95. The summed E-state index contributed by atoms with van der Waals surface area (Å²) in [5, 5.41) is 2.61. The number of ether oxygens (including phenoxy) is 8. The molecule has 1 atom stereocenters. The van der Waals surface area contributed by atoms with Gasteiger partial charge in [-0.05, 0) is 121 Å². The molecule has 1 aromatic rings. The Morgan fingerprint density at radius 1 is 0.430 bits per heavy atom. The number of carbonyl (C=O) groups excluding carboxylic acids is 17. The Kier molecular flexibility index (Phi) is 75.0. The van der Waals surface area contributed by atoms with Gasteiger partial charge in [0.1, 0.15) is 117 Å². The standard InChI is InChI=1S/C16H30O3.C12H22O3.C10H11NO2.C10H14O5.C8H14O3.C7H10O3.C6H10O3.C5H8O3/c1-3-4-5-6-7-8-9-10-11-12-13-19-16(18)14-15(2)17;1-4-6-7-11(5-2)9-15-12(14)8-10(3)13;1-8(12)7-10(13)11-9-5-3-2-4-6-9;1-7(2)10(13)15-5-4-14-9(12)6-8(3)11;1-6(9)5-7(10)11-8(2,3)4;1-3-4-10-7(9)5-6(2)8;1-3-9-6(8)4-5(2)7;1-4(6)3-5(7)8-2/h3-14H2,1-2H3;11H,4-9H2,1-3H3;2-6H,7H2,1H3,(H,11,13);1,4-6H2,2-3H3;5H2,1-4H3;3H,1,4-5H2,2H3;3-4H2,1-2H3;3H2,1-2H3. The van der Waals surface area contributed by atoms with Crippen LogP contribution in [0.3, 0.4) is 0 Å². The fourth-order valence-electron chi connectivity index (χ4n) is 6.69. The number of para-hydroxylation sites is 1. The number of Topliss-reactive ketones (excluding diaryl/α,β-unsaturated/α-hetero) is 8. The van der Waals surface area contributed by atoms with E-state index in [-0.39, 0.29) is 135 Å². The first kappa shape index (κ1) is 105. The zero-order valence-electron chi connectivity index (χ0n) is 63.0. The van der Waals surface area contributed by atoms with Crippen molar-refractivity contribution in [3.05, 3.63) is 55.1 Å². The maximum absolute atomic E-state index is 11.1. The SMILES string of the molecule is C=C(C)C(=O)OCCOC(=O)CC(C)=O.C=CCOC(=O)CC(C)=O.CC(=O)CC(=O)Nc1ccccc1.CC(=O)CC(=O)OC(C)(C)C.CCCCC(CC)COC(=O)CC(C)=O.CCCCCCCCCCCCOC(=O)CC(C)=O.CCOC(=O)CC(C)=O.COC(=O)CC(C)=O. The number of unbranched alkanes of at least 4 members (excludes halogenated alkanes) is 10. The molecule has 0 aliphatic rings. The van der Waals surface area contributed by atoms with Crippen LogP contribution in [0.1, 0.15) is 252 Å². The zero-order valence-corrected chi connectivity index (χ0v) is 63.0. The van der Waals surface area contributed by atoms with Crippen molar-refractivity contribution in [2.45, 2.75) is 258 Å². The molecule has 100 heavy (non-hydrogen) atoms. The van der Waals surface area contributed by atoms with Crippen LogP contribution in [0, 0.1) is 5.92 Å². The molecule has 0 aliphatic heterocycles. The van der Waals surface area contributed by atoms with Crippen LogP contribution in [0.15, 0.2) is 55.1 Å². The van der Waals surface area contributed by atoms with E-state index in [4.69, 9.17) is 14.2 Å². The quantitative estimate of drug-likeness (QED) is 0.0159. The summed E-state index contributed by atoms with van der Waals surface area (Å²) >= 11 is 0. The van der Waals surface area contributed by atoms with Gasteiger partial charge >= 0.3 is 47.8 Å². The van der Waals surface area contributed by atoms with E-state index in [1.807, 2.05) is 18.2 Å². The van der Waals surface area contributed by atoms with Gasteiger partial charge in [0.2, 0.25) is 5.91 Å². The van der Waals surface area contributed by atoms with Gasteiger partial charge in [0.05, 0.1) is 33.4 Å². The predicted molar refractivity (Wildman–Crippen MR) is 377 cm³/mol. The van der Waals surface area contributed by atoms with Crippen LogP contribution in [0.4, 0.5) is 5.69 Å². The Bertz CT molecular complexity index is 2600. The smallest absolute Gasteiger partial charge is 0.333 e. The largest absolute Gasteiger partial charge is 0.469 e. The number of methoxy groups -OCH3 is 1. The normalized spacial score (nSPS) is 9.89. The fraction of sp³-hybridized carbons (Fsp3) is 0.635. The summed E-state index contributed by atoms with van der Waals surface area (Å²) in [6, 6.07) is 9.06. The molecule has 1 unspecified atom stereocenters. The van der Waals surface area contributed by atoms with Crippen LogP contribution >= 0.6 is 0 Å². The van der Waals surface area contributed by atoms with Crippen molar-refractivity contribution in [2.24, 2.45) is 5.92 Å². The average Bonchev–Trinajstić information content (AvgIpc) is 1.16. The molecular weight excluding hydrogens is 1300 g/mol. The highest BCUT2D eigenvalue weighted by Crippen LogP contribution is 2.14. The lowest BCUT2D eigenvalue weighted by Crippen LogP contribution is -2.24. The Labute approximate surface area is 593 Å². The number of amides is 1. The van der Waals surface area contributed by atoms with Gasteiger partial charge in [-0.1, -0.05) is 135 Å². The number of benzene rings is 1. The van der Waals surface area contributed by atoms with Crippen LogP contribution in [-0.4, -0.2) is 152 Å². The second-order valence-electron chi connectivity index (χ2n) is 23.5. The van der Waals surface area contributed by atoms with Crippen LogP contribution in [0.2, 0.25) is 0 Å². The van der Waals surface area contributed by atoms with Gasteiger partial charge in [-0.3, -0.25) is 76.7 Å². The molecule has 1 amide bonds. The van der Waals surface area contributed by atoms with Gasteiger partial charge in [-0.25, -0.2) is 4.79 Å². The number of ketones is 8. The van der Waals surface area contributed by atoms with Gasteiger partial charge in [-0.2, -0.15) is 0 Å². The number of rotatable bonds is 41. The van der Waals surface area contributed by atoms with Crippen molar-refractivity contribution in [3.8, 4) is 0 Å². The second kappa shape index (κ2) is 71.6. The molecule has 0 saturated carbocycles. The molecule has 0 heterocycles. The molecule has 1 aromatic carbocycles. The van der Waals surface area contributed by atoms with Crippen molar-refractivity contribution >= 4 is 106 Å². The Balaban J connectivity index is -0.000000200. The molecule has 0 fully saturated rings. The van der Waals surface area contributed by atoms with Crippen LogP contribution in [-0.2, 0) is 119 Å². The van der Waals surface area contributed by atoms with E-state index in [1.165, 1.54) is 133 Å². The Hall–Kier alpha value is -8.71. The summed E-state index contributed by atoms with van der Waals surface area (Å²) in [5.41, 5.74) is 0.505. The molecule has 0 spiro atoms. The molecule has 0 aromatic heterocycles. The third kappa shape index (κ3) is 98.0. The van der Waals surface area contributed by atoms with Crippen molar-refractivity contribution in [1.82, 2.24) is 0 Å². The highest BCUT2D eigenvalue weighted by Gasteiger charge is 2.17. The molecule has 1 N–H and O–H groups in total. The predicted octanol–water partition coefficient (Wildman–Crippen LogP) is 12.1. The molecule has 0 saturated heterocycles. The van der Waals surface area contributed by atoms with Crippen molar-refractivity contribution < 1.29 is 119 Å². The molecule has 26 heteroatoms. The number of hydrogen-bond acceptors (Lipinski definition) is 25. The minimum Gasteiger partial charge on any atom is -0.469 e. The topological polar surface area (TPSA) is 376 Å². The van der Waals surface area contributed by atoms with Gasteiger partial charge in [0.15, 0.2) is 0 Å². The highest BCUT2D eigenvalue weighted by atomic mass is 16.6. The number of hydrogen-bond donors (Lipinski definition) is 1. The van der Waals surface area contributed by atoms with Crippen molar-refractivity contribution in [2.75, 3.05) is 52.1 Å². The van der Waals surface area contributed by atoms with E-state index in [1.54, 1.807) is 39.8 Å². The number of carbonyl (C=O) groups is 17. The zero-order chi connectivity index (χ0) is 78.5. The van der Waals surface area contributed by atoms with Gasteiger partial charge in [0.25, 0.3) is 0 Å². The van der Waals surface area contributed by atoms with E-state index >= 15 is 0 Å². The lowest BCUT2D eigenvalue weighted by atomic mass is 10.0. The first-order chi connectivity index (χ1) is 46.7. The van der Waals surface area contributed by atoms with E-state index in [2.05, 4.69) is 62.9 Å². The molecular formula is C74H119NO25. The monoisotopic (exact) mass is 1420 g/mol. The summed E-state index contributed by atoms with van der Waals surface area (Å²) in [7, 11) is 1.26. The minimum absolute atomic E-state index is 0.0324.